The number of carbonyl (C=O) groups is 2. The lowest BCUT2D eigenvalue weighted by Crippen LogP contribution is -2.49. The van der Waals surface area contributed by atoms with Crippen LogP contribution in [0.15, 0.2) is 54.7 Å². The number of pyridine rings is 1. The molecule has 0 radical (unpaired) electrons. The van der Waals surface area contributed by atoms with E-state index in [4.69, 9.17) is 14.2 Å². The van der Waals surface area contributed by atoms with Crippen molar-refractivity contribution in [3.63, 3.8) is 0 Å². The SMILES string of the molecule is COc1ccc2nccc(CC[C@@]3(O)CO[C@@H]4[C@@H](N5C(=O)c6ccccc6C5=O)CO[C@@H]43)c2c1. The summed E-state index contributed by atoms with van der Waals surface area (Å²) < 4.78 is 17.3. The fourth-order valence-electron chi connectivity index (χ4n) is 5.40. The minimum absolute atomic E-state index is 0.0777. The monoisotopic (exact) mass is 460 g/mol. The van der Waals surface area contributed by atoms with E-state index in [1.54, 1.807) is 37.6 Å². The molecule has 1 aromatic heterocycles. The number of aryl methyl sites for hydroxylation is 1. The number of imide groups is 1. The van der Waals surface area contributed by atoms with Crippen molar-refractivity contribution < 1.29 is 28.9 Å². The molecule has 1 N–H and O–H groups in total. The van der Waals surface area contributed by atoms with Gasteiger partial charge in [0, 0.05) is 11.6 Å². The average Bonchev–Trinajstić information content (AvgIpc) is 3.50. The molecule has 3 aromatic rings. The Bertz CT molecular complexity index is 1270. The number of hydrogen-bond donors (Lipinski definition) is 1. The molecule has 0 unspecified atom stereocenters. The van der Waals surface area contributed by atoms with Gasteiger partial charge in [-0.2, -0.15) is 0 Å². The highest BCUT2D eigenvalue weighted by Crippen LogP contribution is 2.41. The first-order chi connectivity index (χ1) is 16.5. The smallest absolute Gasteiger partial charge is 0.261 e. The Kier molecular flexibility index (Phi) is 4.91. The van der Waals surface area contributed by atoms with E-state index in [2.05, 4.69) is 4.98 Å². The summed E-state index contributed by atoms with van der Waals surface area (Å²) in [6.45, 7) is 0.215. The number of hydrogen-bond acceptors (Lipinski definition) is 7. The largest absolute Gasteiger partial charge is 0.497 e. The Hall–Kier alpha value is -3.33. The molecule has 0 saturated carbocycles. The van der Waals surface area contributed by atoms with Gasteiger partial charge >= 0.3 is 0 Å². The second kappa shape index (κ2) is 7.87. The quantitative estimate of drug-likeness (QED) is 0.584. The normalized spacial score (nSPS) is 27.9. The number of aromatic nitrogens is 1. The van der Waals surface area contributed by atoms with Crippen LogP contribution in [0.2, 0.25) is 0 Å². The number of ether oxygens (including phenoxy) is 3. The third-order valence-electron chi connectivity index (χ3n) is 7.20. The van der Waals surface area contributed by atoms with Gasteiger partial charge < -0.3 is 19.3 Å². The molecule has 3 aliphatic rings. The highest BCUT2D eigenvalue weighted by Gasteiger charge is 2.59. The van der Waals surface area contributed by atoms with Crippen LogP contribution in [-0.2, 0) is 15.9 Å². The lowest BCUT2D eigenvalue weighted by Gasteiger charge is -2.27. The van der Waals surface area contributed by atoms with Crippen LogP contribution in [0.3, 0.4) is 0 Å². The second-order valence-corrected chi connectivity index (χ2v) is 9.08. The Morgan fingerprint density at radius 2 is 1.88 bits per heavy atom. The van der Waals surface area contributed by atoms with Crippen molar-refractivity contribution in [2.24, 2.45) is 0 Å². The van der Waals surface area contributed by atoms with Crippen molar-refractivity contribution in [3.05, 3.63) is 71.4 Å². The highest BCUT2D eigenvalue weighted by atomic mass is 16.6. The number of aliphatic hydroxyl groups is 1. The fourth-order valence-corrected chi connectivity index (χ4v) is 5.40. The van der Waals surface area contributed by atoms with Crippen LogP contribution < -0.4 is 4.74 Å². The van der Waals surface area contributed by atoms with E-state index in [-0.39, 0.29) is 25.0 Å². The molecule has 2 fully saturated rings. The molecule has 2 aromatic carbocycles. The number of rotatable bonds is 5. The van der Waals surface area contributed by atoms with Crippen molar-refractivity contribution in [2.75, 3.05) is 20.3 Å². The maximum atomic E-state index is 12.9. The van der Waals surface area contributed by atoms with Crippen LogP contribution in [0.5, 0.6) is 5.75 Å². The minimum Gasteiger partial charge on any atom is -0.497 e. The molecule has 34 heavy (non-hydrogen) atoms. The minimum atomic E-state index is -1.23. The van der Waals surface area contributed by atoms with E-state index in [9.17, 15) is 14.7 Å². The number of benzene rings is 2. The molecular formula is C26H24N2O6. The van der Waals surface area contributed by atoms with Gasteiger partial charge in [0.2, 0.25) is 0 Å². The standard InChI is InChI=1S/C26H24N2O6/c1-32-16-6-7-20-19(12-16)15(9-11-27-20)8-10-26(31)14-34-22-21(13-33-23(22)26)28-24(29)17-4-2-3-5-18(17)25(28)30/h2-7,9,11-12,21-23,31H,8,10,13-14H2,1H3/t21-,22+,23-,26+/m0/s1. The van der Waals surface area contributed by atoms with Gasteiger partial charge in [-0.3, -0.25) is 19.5 Å². The van der Waals surface area contributed by atoms with Crippen LogP contribution in [0, 0.1) is 0 Å². The number of fused-ring (bicyclic) bond motifs is 3. The van der Waals surface area contributed by atoms with Gasteiger partial charge in [-0.1, -0.05) is 12.1 Å². The summed E-state index contributed by atoms with van der Waals surface area (Å²) in [6, 6.07) is 13.9. The molecule has 174 valence electrons. The molecule has 8 nitrogen and oxygen atoms in total. The second-order valence-electron chi connectivity index (χ2n) is 9.08. The van der Waals surface area contributed by atoms with Crippen molar-refractivity contribution in [1.29, 1.82) is 0 Å². The molecule has 2 saturated heterocycles. The summed E-state index contributed by atoms with van der Waals surface area (Å²) in [6.07, 6.45) is 1.55. The maximum Gasteiger partial charge on any atom is 0.261 e. The van der Waals surface area contributed by atoms with E-state index in [0.29, 0.717) is 24.0 Å². The van der Waals surface area contributed by atoms with Crippen molar-refractivity contribution in [2.45, 2.75) is 36.7 Å². The summed E-state index contributed by atoms with van der Waals surface area (Å²) in [5.41, 5.74) is 1.45. The van der Waals surface area contributed by atoms with Crippen LogP contribution in [0.4, 0.5) is 0 Å². The van der Waals surface area contributed by atoms with Gasteiger partial charge in [0.05, 0.1) is 43.0 Å². The van der Waals surface area contributed by atoms with Crippen LogP contribution in [-0.4, -0.2) is 71.0 Å². The van der Waals surface area contributed by atoms with Gasteiger partial charge in [0.15, 0.2) is 0 Å². The Labute approximate surface area is 196 Å². The van der Waals surface area contributed by atoms with Gasteiger partial charge in [-0.25, -0.2) is 0 Å². The number of carbonyl (C=O) groups excluding carboxylic acids is 2. The summed E-state index contributed by atoms with van der Waals surface area (Å²) in [5, 5.41) is 12.5. The maximum absolute atomic E-state index is 12.9. The number of nitrogens with zero attached hydrogens (tertiary/aromatic N) is 2. The van der Waals surface area contributed by atoms with Crippen molar-refractivity contribution in [3.8, 4) is 5.75 Å². The first-order valence-electron chi connectivity index (χ1n) is 11.3. The van der Waals surface area contributed by atoms with E-state index in [0.717, 1.165) is 22.2 Å². The molecule has 6 rings (SSSR count). The van der Waals surface area contributed by atoms with Gasteiger partial charge in [-0.15, -0.1) is 0 Å². The fraction of sp³-hybridized carbons (Fsp3) is 0.346. The molecule has 0 spiro atoms. The molecule has 2 amide bonds. The lowest BCUT2D eigenvalue weighted by molar-refractivity contribution is -0.0706. The predicted molar refractivity (Wildman–Crippen MR) is 122 cm³/mol. The molecule has 0 bridgehead atoms. The Morgan fingerprint density at radius 3 is 2.62 bits per heavy atom. The molecule has 0 aliphatic carbocycles. The van der Waals surface area contributed by atoms with Crippen LogP contribution >= 0.6 is 0 Å². The summed E-state index contributed by atoms with van der Waals surface area (Å²) in [7, 11) is 1.62. The molecule has 3 aliphatic heterocycles. The van der Waals surface area contributed by atoms with E-state index >= 15 is 0 Å². The van der Waals surface area contributed by atoms with E-state index in [1.807, 2.05) is 24.3 Å². The van der Waals surface area contributed by atoms with Crippen molar-refractivity contribution in [1.82, 2.24) is 9.88 Å². The van der Waals surface area contributed by atoms with Gasteiger partial charge in [0.1, 0.15) is 23.6 Å². The van der Waals surface area contributed by atoms with Gasteiger partial charge in [-0.05, 0) is 54.8 Å². The molecule has 4 atom stereocenters. The van der Waals surface area contributed by atoms with Crippen LogP contribution in [0.25, 0.3) is 10.9 Å². The summed E-state index contributed by atoms with van der Waals surface area (Å²) >= 11 is 0. The van der Waals surface area contributed by atoms with Gasteiger partial charge in [0.25, 0.3) is 11.8 Å². The number of methoxy groups -OCH3 is 1. The third-order valence-corrected chi connectivity index (χ3v) is 7.20. The number of amides is 2. The zero-order chi connectivity index (χ0) is 23.4. The lowest BCUT2D eigenvalue weighted by atomic mass is 9.88. The van der Waals surface area contributed by atoms with Crippen LogP contribution in [0.1, 0.15) is 32.7 Å². The molecular weight excluding hydrogens is 436 g/mol. The molecule has 8 heteroatoms. The highest BCUT2D eigenvalue weighted by molar-refractivity contribution is 6.21. The third kappa shape index (κ3) is 3.14. The summed E-state index contributed by atoms with van der Waals surface area (Å²) in [5.74, 6) is 0.0600. The Balaban J connectivity index is 1.21. The first-order valence-corrected chi connectivity index (χ1v) is 11.3. The first kappa shape index (κ1) is 21.2. The summed E-state index contributed by atoms with van der Waals surface area (Å²) in [4.78, 5) is 31.5. The van der Waals surface area contributed by atoms with E-state index in [1.165, 1.54) is 4.90 Å². The van der Waals surface area contributed by atoms with Crippen molar-refractivity contribution >= 4 is 22.7 Å². The topological polar surface area (TPSA) is 98.2 Å². The zero-order valence-electron chi connectivity index (χ0n) is 18.6. The Morgan fingerprint density at radius 1 is 1.12 bits per heavy atom. The average molecular weight is 460 g/mol. The molecule has 4 heterocycles. The predicted octanol–water partition coefficient (Wildman–Crippen LogP) is 2.37. The van der Waals surface area contributed by atoms with E-state index < -0.39 is 23.9 Å². The zero-order valence-corrected chi connectivity index (χ0v) is 18.6.